The van der Waals surface area contributed by atoms with Crippen LogP contribution in [-0.2, 0) is 42.8 Å². The van der Waals surface area contributed by atoms with Gasteiger partial charge >= 0.3 is 5.97 Å². The van der Waals surface area contributed by atoms with Crippen molar-refractivity contribution >= 4 is 17.5 Å². The molecule has 3 heterocycles. The largest absolute Gasteiger partial charge is 0.459 e. The van der Waals surface area contributed by atoms with Gasteiger partial charge in [-0.15, -0.1) is 0 Å². The quantitative estimate of drug-likeness (QED) is 0.395. The minimum absolute atomic E-state index is 0.0453. The molecule has 11 rings (SSSR count). The first-order valence-corrected chi connectivity index (χ1v) is 15.0. The number of carbonyl (C=O) groups is 3. The monoisotopic (exact) mass is 540 g/mol. The van der Waals surface area contributed by atoms with Crippen molar-refractivity contribution in [2.45, 2.75) is 101 Å². The fourth-order valence-electron chi connectivity index (χ4n) is 10.5. The van der Waals surface area contributed by atoms with Crippen LogP contribution in [0.1, 0.15) is 58.3 Å². The van der Waals surface area contributed by atoms with E-state index in [9.17, 15) is 14.4 Å². The summed E-state index contributed by atoms with van der Waals surface area (Å²) in [5, 5.41) is 0. The molecule has 0 aromatic rings. The number of Topliss-reactive ketones (excluding diaryl/α,β-unsaturated/α-hetero) is 2. The second kappa shape index (κ2) is 7.79. The molecule has 9 nitrogen and oxygen atoms in total. The van der Waals surface area contributed by atoms with E-state index >= 15 is 0 Å². The van der Waals surface area contributed by atoms with E-state index in [2.05, 4.69) is 6.58 Å². The number of rotatable bonds is 3. The normalized spacial score (nSPS) is 57.4. The molecule has 9 heteroatoms. The van der Waals surface area contributed by atoms with Gasteiger partial charge < -0.3 is 28.4 Å². The standard InChI is InChI=1S/C30H36O9/c1-12(2)27(33)34-11-21-24-25(37-29(36-24)17-5-13-3-15(9-17)22(31)19(29)7-13)26-28(35-21)39-30(38-26)18-6-14-4-16(10-18)23(32)20(30)8-14/h13-21,24-26,28H,1,3-11H2,2H3/t13?,14?,15?,16?,17?,18?,19?,20?,21-,24-,25+,26+,28-,29?,30?/m1/s1. The predicted molar refractivity (Wildman–Crippen MR) is 130 cm³/mol. The highest BCUT2D eigenvalue weighted by Gasteiger charge is 2.74. The van der Waals surface area contributed by atoms with Crippen LogP contribution in [0.15, 0.2) is 12.2 Å². The molecule has 3 saturated heterocycles. The number of esters is 1. The zero-order valence-corrected chi connectivity index (χ0v) is 22.3. The second-order valence-corrected chi connectivity index (χ2v) is 14.0. The molecule has 10 unspecified atom stereocenters. The molecule has 0 N–H and O–H groups in total. The molecule has 210 valence electrons. The Morgan fingerprint density at radius 3 is 1.97 bits per heavy atom. The third-order valence-corrected chi connectivity index (χ3v) is 11.9. The smallest absolute Gasteiger partial charge is 0.333 e. The molecule has 11 fully saturated rings. The van der Waals surface area contributed by atoms with E-state index in [1.165, 1.54) is 0 Å². The number of ketones is 2. The average Bonchev–Trinajstić information content (AvgIpc) is 3.49. The molecule has 0 amide bonds. The summed E-state index contributed by atoms with van der Waals surface area (Å²) >= 11 is 0. The van der Waals surface area contributed by atoms with Gasteiger partial charge in [-0.3, -0.25) is 9.59 Å². The van der Waals surface area contributed by atoms with Crippen molar-refractivity contribution < 1.29 is 42.8 Å². The Labute approximate surface area is 227 Å². The third kappa shape index (κ3) is 3.01. The lowest BCUT2D eigenvalue weighted by Gasteiger charge is -2.57. The van der Waals surface area contributed by atoms with E-state index < -0.39 is 48.2 Å². The van der Waals surface area contributed by atoms with Gasteiger partial charge in [0, 0.05) is 29.2 Å². The van der Waals surface area contributed by atoms with E-state index in [4.69, 9.17) is 28.4 Å². The molecule has 39 heavy (non-hydrogen) atoms. The van der Waals surface area contributed by atoms with E-state index in [0.29, 0.717) is 17.4 Å². The van der Waals surface area contributed by atoms with E-state index in [1.807, 2.05) is 0 Å². The summed E-state index contributed by atoms with van der Waals surface area (Å²) in [5.41, 5.74) is 0.304. The van der Waals surface area contributed by atoms with E-state index in [0.717, 1.165) is 51.4 Å². The Hall–Kier alpha value is -1.65. The maximum absolute atomic E-state index is 13.4. The van der Waals surface area contributed by atoms with Gasteiger partial charge in [-0.1, -0.05) is 6.58 Å². The van der Waals surface area contributed by atoms with Crippen LogP contribution in [0.5, 0.6) is 0 Å². The minimum atomic E-state index is -1.01. The number of carbonyl (C=O) groups excluding carboxylic acids is 3. The van der Waals surface area contributed by atoms with Gasteiger partial charge in [-0.2, -0.15) is 0 Å². The Kier molecular flexibility index (Phi) is 4.79. The summed E-state index contributed by atoms with van der Waals surface area (Å²) in [6, 6.07) is 0. The highest BCUT2D eigenvalue weighted by molar-refractivity contribution is 5.88. The summed E-state index contributed by atoms with van der Waals surface area (Å²) in [6.45, 7) is 5.25. The van der Waals surface area contributed by atoms with Gasteiger partial charge in [0.05, 0.1) is 11.8 Å². The Balaban J connectivity index is 1.06. The van der Waals surface area contributed by atoms with Crippen LogP contribution >= 0.6 is 0 Å². The van der Waals surface area contributed by atoms with Crippen LogP contribution in [0.3, 0.4) is 0 Å². The van der Waals surface area contributed by atoms with Gasteiger partial charge in [0.2, 0.25) is 0 Å². The number of hydrogen-bond acceptors (Lipinski definition) is 9. The van der Waals surface area contributed by atoms with Gasteiger partial charge in [0.1, 0.15) is 42.6 Å². The van der Waals surface area contributed by atoms with Crippen molar-refractivity contribution in [2.75, 3.05) is 6.61 Å². The van der Waals surface area contributed by atoms with Crippen molar-refractivity contribution in [3.8, 4) is 0 Å². The summed E-state index contributed by atoms with van der Waals surface area (Å²) in [5.74, 6) is -0.981. The van der Waals surface area contributed by atoms with Gasteiger partial charge in [-0.25, -0.2) is 4.79 Å². The van der Waals surface area contributed by atoms with Gasteiger partial charge in [0.15, 0.2) is 17.9 Å². The number of fused-ring (bicyclic) bond motifs is 3. The first-order valence-electron chi connectivity index (χ1n) is 15.0. The summed E-state index contributed by atoms with van der Waals surface area (Å²) in [6.07, 6.45) is 4.00. The molecule has 8 saturated carbocycles. The summed E-state index contributed by atoms with van der Waals surface area (Å²) in [7, 11) is 0. The molecule has 0 aromatic heterocycles. The molecular formula is C30H36O9. The molecule has 8 bridgehead atoms. The Morgan fingerprint density at radius 2 is 1.36 bits per heavy atom. The fraction of sp³-hybridized carbons (Fsp3) is 0.833. The van der Waals surface area contributed by atoms with Crippen LogP contribution in [0.2, 0.25) is 0 Å². The second-order valence-electron chi connectivity index (χ2n) is 14.0. The molecule has 11 aliphatic rings. The lowest BCUT2D eigenvalue weighted by atomic mass is 9.52. The van der Waals surface area contributed by atoms with Crippen molar-refractivity contribution in [3.63, 3.8) is 0 Å². The topological polar surface area (TPSA) is 107 Å². The minimum Gasteiger partial charge on any atom is -0.459 e. The van der Waals surface area contributed by atoms with Crippen LogP contribution in [0.25, 0.3) is 0 Å². The molecule has 0 aromatic carbocycles. The van der Waals surface area contributed by atoms with Crippen LogP contribution in [0.4, 0.5) is 0 Å². The summed E-state index contributed by atoms with van der Waals surface area (Å²) in [4.78, 5) is 39.1. The van der Waals surface area contributed by atoms with Crippen molar-refractivity contribution in [2.24, 2.45) is 47.3 Å². The summed E-state index contributed by atoms with van der Waals surface area (Å²) < 4.78 is 39.4. The Bertz CT molecular complexity index is 1180. The molecule has 8 aliphatic carbocycles. The first kappa shape index (κ1) is 24.0. The fourth-order valence-corrected chi connectivity index (χ4v) is 10.5. The van der Waals surface area contributed by atoms with Crippen LogP contribution in [0, 0.1) is 47.3 Å². The van der Waals surface area contributed by atoms with Crippen LogP contribution in [-0.4, -0.2) is 66.4 Å². The first-order chi connectivity index (χ1) is 18.8. The van der Waals surface area contributed by atoms with E-state index in [1.54, 1.807) is 6.92 Å². The van der Waals surface area contributed by atoms with Crippen molar-refractivity contribution in [1.29, 1.82) is 0 Å². The highest BCUT2D eigenvalue weighted by atomic mass is 16.9. The molecular weight excluding hydrogens is 504 g/mol. The molecule has 0 radical (unpaired) electrons. The number of ether oxygens (including phenoxy) is 6. The van der Waals surface area contributed by atoms with Crippen LogP contribution < -0.4 is 0 Å². The van der Waals surface area contributed by atoms with Gasteiger partial charge in [0.25, 0.3) is 0 Å². The lowest BCUT2D eigenvalue weighted by Crippen LogP contribution is -2.63. The Morgan fingerprint density at radius 1 is 0.795 bits per heavy atom. The van der Waals surface area contributed by atoms with Crippen molar-refractivity contribution in [3.05, 3.63) is 12.2 Å². The zero-order valence-electron chi connectivity index (χ0n) is 22.3. The maximum atomic E-state index is 13.4. The highest BCUT2D eigenvalue weighted by Crippen LogP contribution is 2.65. The van der Waals surface area contributed by atoms with Gasteiger partial charge in [-0.05, 0) is 70.1 Å². The maximum Gasteiger partial charge on any atom is 0.333 e. The third-order valence-electron chi connectivity index (χ3n) is 11.9. The molecule has 3 aliphatic heterocycles. The number of hydrogen-bond donors (Lipinski definition) is 0. The predicted octanol–water partition coefficient (Wildman–Crippen LogP) is 2.69. The zero-order chi connectivity index (χ0) is 26.4. The lowest BCUT2D eigenvalue weighted by molar-refractivity contribution is -0.312. The molecule has 15 atom stereocenters. The SMILES string of the molecule is C=C(C)C(=O)OC[C@H]1O[C@@H]2OC3(O[C@H]2[C@H]2OC4(O[C@@H]21)C1CC2CC(C1)C(=O)C4C2)C1CC2CC(C1)C(=O)C3C2. The van der Waals surface area contributed by atoms with Crippen molar-refractivity contribution in [1.82, 2.24) is 0 Å². The average molecular weight is 541 g/mol. The van der Waals surface area contributed by atoms with E-state index in [-0.39, 0.29) is 53.7 Å². The molecule has 2 spiro atoms.